The van der Waals surface area contributed by atoms with Crippen LogP contribution in [0.5, 0.6) is 17.2 Å². The minimum Gasteiger partial charge on any atom is -0.493 e. The van der Waals surface area contributed by atoms with Crippen molar-refractivity contribution in [1.82, 2.24) is 0 Å². The highest BCUT2D eigenvalue weighted by Gasteiger charge is 2.22. The molecule has 0 aliphatic rings. The largest absolute Gasteiger partial charge is 0.493 e. The highest BCUT2D eigenvalue weighted by atomic mass is 35.5. The number of nitrogens with zero attached hydrogens (tertiary/aromatic N) is 1. The van der Waals surface area contributed by atoms with Crippen LogP contribution in [-0.2, 0) is 14.8 Å². The molecule has 3 rings (SSSR count). The molecule has 0 fully saturated rings. The number of nitrogens with one attached hydrogen (secondary N) is 1. The Morgan fingerprint density at radius 3 is 2.38 bits per heavy atom. The Morgan fingerprint density at radius 2 is 1.72 bits per heavy atom. The number of carbonyl (C=O) groups excluding carboxylic acids is 1. The summed E-state index contributed by atoms with van der Waals surface area (Å²) in [6.45, 7) is 1.43. The summed E-state index contributed by atoms with van der Waals surface area (Å²) in [5, 5.41) is 3.08. The zero-order valence-electron chi connectivity index (χ0n) is 17.8. The molecular formula is C23H23ClN2O5S. The minimum atomic E-state index is -3.70. The lowest BCUT2D eigenvalue weighted by atomic mass is 10.2. The van der Waals surface area contributed by atoms with E-state index >= 15 is 0 Å². The fourth-order valence-corrected chi connectivity index (χ4v) is 4.03. The van der Waals surface area contributed by atoms with E-state index < -0.39 is 22.5 Å². The maximum atomic E-state index is 12.8. The van der Waals surface area contributed by atoms with Crippen LogP contribution in [-0.4, -0.2) is 34.2 Å². The van der Waals surface area contributed by atoms with Crippen LogP contribution in [0.25, 0.3) is 0 Å². The van der Waals surface area contributed by atoms with Crippen molar-refractivity contribution in [3.63, 3.8) is 0 Å². The first-order valence-electron chi connectivity index (χ1n) is 9.62. The summed E-state index contributed by atoms with van der Waals surface area (Å²) in [6.07, 6.45) is 1.05. The van der Waals surface area contributed by atoms with Gasteiger partial charge in [-0.1, -0.05) is 35.9 Å². The Balaban J connectivity index is 1.86. The van der Waals surface area contributed by atoms with Gasteiger partial charge < -0.3 is 14.8 Å². The van der Waals surface area contributed by atoms with E-state index in [0.29, 0.717) is 33.6 Å². The Kier molecular flexibility index (Phi) is 7.27. The number of methoxy groups -OCH3 is 1. The fraction of sp³-hybridized carbons (Fsp3) is 0.174. The van der Waals surface area contributed by atoms with Gasteiger partial charge in [-0.3, -0.25) is 9.10 Å². The fourth-order valence-electron chi connectivity index (χ4n) is 3.01. The first-order chi connectivity index (χ1) is 15.2. The van der Waals surface area contributed by atoms with E-state index in [1.807, 2.05) is 13.0 Å². The summed E-state index contributed by atoms with van der Waals surface area (Å²) in [4.78, 5) is 12.8. The molecule has 32 heavy (non-hydrogen) atoms. The van der Waals surface area contributed by atoms with Gasteiger partial charge in [-0.2, -0.15) is 0 Å². The first kappa shape index (κ1) is 23.4. The maximum absolute atomic E-state index is 12.8. The van der Waals surface area contributed by atoms with Crippen LogP contribution in [0.2, 0.25) is 5.02 Å². The van der Waals surface area contributed by atoms with Crippen molar-refractivity contribution < 1.29 is 22.7 Å². The molecule has 0 radical (unpaired) electrons. The molecule has 1 amide bonds. The molecule has 0 saturated carbocycles. The van der Waals surface area contributed by atoms with Gasteiger partial charge in [-0.25, -0.2) is 8.42 Å². The summed E-state index contributed by atoms with van der Waals surface area (Å²) in [6, 6.07) is 18.7. The normalized spacial score (nSPS) is 11.0. The molecule has 0 aliphatic heterocycles. The van der Waals surface area contributed by atoms with E-state index in [-0.39, 0.29) is 0 Å². The number of anilines is 2. The predicted molar refractivity (Wildman–Crippen MR) is 127 cm³/mol. The summed E-state index contributed by atoms with van der Waals surface area (Å²) in [7, 11) is -2.17. The number of aryl methyl sites for hydroxylation is 1. The molecule has 0 aliphatic carbocycles. The number of rotatable bonds is 8. The van der Waals surface area contributed by atoms with Gasteiger partial charge in [0.1, 0.15) is 6.54 Å². The molecule has 3 aromatic rings. The van der Waals surface area contributed by atoms with Gasteiger partial charge >= 0.3 is 0 Å². The zero-order chi connectivity index (χ0) is 23.3. The summed E-state index contributed by atoms with van der Waals surface area (Å²) in [5.41, 5.74) is 1.57. The van der Waals surface area contributed by atoms with E-state index in [0.717, 1.165) is 16.1 Å². The standard InChI is InChI=1S/C23H23ClN2O5S/c1-16-7-6-8-18(13-16)26(32(3,28)29)15-23(27)25-19-14-17(24)11-12-20(19)31-22-10-5-4-9-21(22)30-2/h4-14H,15H2,1-3H3,(H,25,27). The third kappa shape index (κ3) is 5.93. The zero-order valence-corrected chi connectivity index (χ0v) is 19.4. The van der Waals surface area contributed by atoms with Gasteiger partial charge in [0, 0.05) is 5.02 Å². The van der Waals surface area contributed by atoms with E-state index in [4.69, 9.17) is 21.1 Å². The summed E-state index contributed by atoms with van der Waals surface area (Å²) >= 11 is 6.12. The quantitative estimate of drug-likeness (QED) is 0.504. The molecule has 0 bridgehead atoms. The van der Waals surface area contributed by atoms with Crippen molar-refractivity contribution in [3.05, 3.63) is 77.3 Å². The molecule has 0 spiro atoms. The van der Waals surface area contributed by atoms with Crippen LogP contribution in [0.4, 0.5) is 11.4 Å². The molecular weight excluding hydrogens is 452 g/mol. The van der Waals surface area contributed by atoms with Gasteiger partial charge in [0.05, 0.1) is 24.7 Å². The van der Waals surface area contributed by atoms with Crippen molar-refractivity contribution in [2.24, 2.45) is 0 Å². The van der Waals surface area contributed by atoms with E-state index in [2.05, 4.69) is 5.32 Å². The van der Waals surface area contributed by atoms with E-state index in [1.54, 1.807) is 54.6 Å². The van der Waals surface area contributed by atoms with Crippen molar-refractivity contribution >= 4 is 38.9 Å². The van der Waals surface area contributed by atoms with Crippen molar-refractivity contribution in [2.75, 3.05) is 29.5 Å². The number of halogens is 1. The number of ether oxygens (including phenoxy) is 2. The Labute approximate surface area is 192 Å². The third-order valence-electron chi connectivity index (χ3n) is 4.48. The van der Waals surface area contributed by atoms with Gasteiger partial charge in [-0.05, 0) is 55.0 Å². The molecule has 0 aromatic heterocycles. The van der Waals surface area contributed by atoms with Crippen molar-refractivity contribution in [1.29, 1.82) is 0 Å². The Morgan fingerprint density at radius 1 is 1.00 bits per heavy atom. The second-order valence-electron chi connectivity index (χ2n) is 7.05. The van der Waals surface area contributed by atoms with Gasteiger partial charge in [-0.15, -0.1) is 0 Å². The lowest BCUT2D eigenvalue weighted by Crippen LogP contribution is -2.37. The number of hydrogen-bond donors (Lipinski definition) is 1. The average molecular weight is 475 g/mol. The summed E-state index contributed by atoms with van der Waals surface area (Å²) < 4.78 is 37.0. The monoisotopic (exact) mass is 474 g/mol. The van der Waals surface area contributed by atoms with Crippen LogP contribution in [0.15, 0.2) is 66.7 Å². The molecule has 1 N–H and O–H groups in total. The first-order valence-corrected chi connectivity index (χ1v) is 11.8. The lowest BCUT2D eigenvalue weighted by Gasteiger charge is -2.22. The highest BCUT2D eigenvalue weighted by Crippen LogP contribution is 2.36. The SMILES string of the molecule is COc1ccccc1Oc1ccc(Cl)cc1NC(=O)CN(c1cccc(C)c1)S(C)(=O)=O. The van der Waals surface area contributed by atoms with Crippen LogP contribution in [0.1, 0.15) is 5.56 Å². The number of para-hydroxylation sites is 2. The second kappa shape index (κ2) is 9.93. The third-order valence-corrected chi connectivity index (χ3v) is 5.86. The molecule has 0 atom stereocenters. The molecule has 3 aromatic carbocycles. The number of sulfonamides is 1. The van der Waals surface area contributed by atoms with E-state index in [1.165, 1.54) is 13.2 Å². The average Bonchev–Trinajstić information content (AvgIpc) is 2.73. The molecule has 168 valence electrons. The summed E-state index contributed by atoms with van der Waals surface area (Å²) in [5.74, 6) is 0.741. The molecule has 0 heterocycles. The van der Waals surface area contributed by atoms with E-state index in [9.17, 15) is 13.2 Å². The minimum absolute atomic E-state index is 0.297. The predicted octanol–water partition coefficient (Wildman–Crippen LogP) is 4.85. The van der Waals surface area contributed by atoms with Gasteiger partial charge in [0.25, 0.3) is 0 Å². The highest BCUT2D eigenvalue weighted by molar-refractivity contribution is 7.92. The van der Waals surface area contributed by atoms with Crippen LogP contribution >= 0.6 is 11.6 Å². The van der Waals surface area contributed by atoms with Crippen LogP contribution in [0.3, 0.4) is 0 Å². The maximum Gasteiger partial charge on any atom is 0.245 e. The Hall–Kier alpha value is -3.23. The topological polar surface area (TPSA) is 84.9 Å². The van der Waals surface area contributed by atoms with Crippen molar-refractivity contribution in [2.45, 2.75) is 6.92 Å². The number of amides is 1. The second-order valence-corrected chi connectivity index (χ2v) is 9.39. The molecule has 7 nitrogen and oxygen atoms in total. The van der Waals surface area contributed by atoms with Crippen molar-refractivity contribution in [3.8, 4) is 17.2 Å². The number of benzene rings is 3. The lowest BCUT2D eigenvalue weighted by molar-refractivity contribution is -0.114. The molecule has 9 heteroatoms. The Bertz CT molecular complexity index is 1230. The van der Waals surface area contributed by atoms with Crippen LogP contribution < -0.4 is 19.1 Å². The molecule has 0 saturated heterocycles. The van der Waals surface area contributed by atoms with Gasteiger partial charge in [0.15, 0.2) is 17.2 Å². The number of carbonyl (C=O) groups is 1. The van der Waals surface area contributed by atoms with Gasteiger partial charge in [0.2, 0.25) is 15.9 Å². The smallest absolute Gasteiger partial charge is 0.245 e. The number of hydrogen-bond acceptors (Lipinski definition) is 5. The molecule has 0 unspecified atom stereocenters. The van der Waals surface area contributed by atoms with Crippen LogP contribution in [0, 0.1) is 6.92 Å².